The Balaban J connectivity index is 1.62. The number of nitrogens with zero attached hydrogens (tertiary/aromatic N) is 1. The van der Waals surface area contributed by atoms with E-state index in [-0.39, 0.29) is 6.42 Å². The second kappa shape index (κ2) is 8.19. The fraction of sp³-hybridized carbons (Fsp3) is 0.0870. The van der Waals surface area contributed by atoms with E-state index in [0.717, 1.165) is 22.0 Å². The van der Waals surface area contributed by atoms with E-state index >= 15 is 0 Å². The first-order valence-corrected chi connectivity index (χ1v) is 9.75. The molecule has 6 heteroatoms. The van der Waals surface area contributed by atoms with Crippen LogP contribution in [0.25, 0.3) is 10.9 Å². The largest absolute Gasteiger partial charge is 0.481 e. The molecule has 1 heterocycles. The van der Waals surface area contributed by atoms with E-state index in [0.29, 0.717) is 28.1 Å². The van der Waals surface area contributed by atoms with Crippen molar-refractivity contribution in [1.82, 2.24) is 4.57 Å². The molecule has 0 aliphatic carbocycles. The molecule has 0 aliphatic rings. The van der Waals surface area contributed by atoms with Crippen LogP contribution >= 0.6 is 23.2 Å². The molecular weight excluding hydrogens is 409 g/mol. The van der Waals surface area contributed by atoms with Gasteiger partial charge in [-0.15, -0.1) is 0 Å². The predicted molar refractivity (Wildman–Crippen MR) is 115 cm³/mol. The van der Waals surface area contributed by atoms with Gasteiger partial charge in [0.2, 0.25) is 0 Å². The van der Waals surface area contributed by atoms with Gasteiger partial charge >= 0.3 is 5.97 Å². The monoisotopic (exact) mass is 425 g/mol. The Kier molecular flexibility index (Phi) is 5.47. The highest BCUT2D eigenvalue weighted by Crippen LogP contribution is 2.32. The third-order valence-electron chi connectivity index (χ3n) is 4.59. The minimum atomic E-state index is -0.844. The van der Waals surface area contributed by atoms with Gasteiger partial charge in [-0.25, -0.2) is 0 Å². The van der Waals surface area contributed by atoms with Gasteiger partial charge in [0.25, 0.3) is 0 Å². The lowest BCUT2D eigenvalue weighted by atomic mass is 10.1. The van der Waals surface area contributed by atoms with E-state index in [2.05, 4.69) is 4.57 Å². The van der Waals surface area contributed by atoms with Crippen molar-refractivity contribution in [1.29, 1.82) is 0 Å². The summed E-state index contributed by atoms with van der Waals surface area (Å²) in [5, 5.41) is 11.1. The molecule has 0 saturated heterocycles. The van der Waals surface area contributed by atoms with Crippen molar-refractivity contribution in [3.63, 3.8) is 0 Å². The van der Waals surface area contributed by atoms with Crippen molar-refractivity contribution in [3.8, 4) is 11.5 Å². The molecule has 0 unspecified atom stereocenters. The lowest BCUT2D eigenvalue weighted by molar-refractivity contribution is -0.136. The van der Waals surface area contributed by atoms with Crippen molar-refractivity contribution < 1.29 is 14.6 Å². The zero-order valence-corrected chi connectivity index (χ0v) is 16.8. The predicted octanol–water partition coefficient (Wildman–Crippen LogP) is 6.42. The molecule has 3 aromatic carbocycles. The number of benzene rings is 3. The molecule has 1 N–H and O–H groups in total. The molecule has 4 nitrogen and oxygen atoms in total. The van der Waals surface area contributed by atoms with Crippen LogP contribution in [0.2, 0.25) is 10.0 Å². The number of hydrogen-bond acceptors (Lipinski definition) is 2. The van der Waals surface area contributed by atoms with E-state index in [9.17, 15) is 9.90 Å². The molecule has 0 fully saturated rings. The van der Waals surface area contributed by atoms with Gasteiger partial charge in [-0.1, -0.05) is 53.5 Å². The molecule has 29 heavy (non-hydrogen) atoms. The maximum atomic E-state index is 11.2. The number of carboxylic acids is 1. The molecule has 0 spiro atoms. The first kappa shape index (κ1) is 19.4. The highest BCUT2D eigenvalue weighted by molar-refractivity contribution is 6.35. The van der Waals surface area contributed by atoms with Gasteiger partial charge in [-0.2, -0.15) is 0 Å². The number of ether oxygens (including phenoxy) is 1. The van der Waals surface area contributed by atoms with Crippen LogP contribution in [-0.2, 0) is 17.8 Å². The van der Waals surface area contributed by atoms with Crippen LogP contribution in [0.3, 0.4) is 0 Å². The summed E-state index contributed by atoms with van der Waals surface area (Å²) in [6.07, 6.45) is 1.90. The van der Waals surface area contributed by atoms with Crippen LogP contribution in [0.15, 0.2) is 72.9 Å². The third kappa shape index (κ3) is 4.39. The lowest BCUT2D eigenvalue weighted by Gasteiger charge is -2.10. The van der Waals surface area contributed by atoms with E-state index in [1.807, 2.05) is 54.7 Å². The summed E-state index contributed by atoms with van der Waals surface area (Å²) in [5.74, 6) is 0.348. The lowest BCUT2D eigenvalue weighted by Crippen LogP contribution is -2.00. The Bertz CT molecular complexity index is 1200. The van der Waals surface area contributed by atoms with Gasteiger partial charge in [0, 0.05) is 28.7 Å². The quantitative estimate of drug-likeness (QED) is 0.387. The van der Waals surface area contributed by atoms with Crippen LogP contribution in [-0.4, -0.2) is 15.6 Å². The fourth-order valence-corrected chi connectivity index (χ4v) is 3.79. The minimum Gasteiger partial charge on any atom is -0.481 e. The summed E-state index contributed by atoms with van der Waals surface area (Å²) in [7, 11) is 0. The molecule has 146 valence electrons. The van der Waals surface area contributed by atoms with E-state index < -0.39 is 5.97 Å². The summed E-state index contributed by atoms with van der Waals surface area (Å²) in [6.45, 7) is 0.589. The number of rotatable bonds is 6. The van der Waals surface area contributed by atoms with Crippen molar-refractivity contribution in [3.05, 3.63) is 94.1 Å². The molecule has 4 rings (SSSR count). The number of aliphatic carboxylic acids is 1. The first-order chi connectivity index (χ1) is 14.0. The number of para-hydroxylation sites is 1. The number of aromatic nitrogens is 1. The van der Waals surface area contributed by atoms with Crippen LogP contribution < -0.4 is 4.74 Å². The minimum absolute atomic E-state index is 0.00820. The van der Waals surface area contributed by atoms with Crippen molar-refractivity contribution >= 4 is 40.1 Å². The zero-order valence-electron chi connectivity index (χ0n) is 15.3. The molecule has 0 saturated carbocycles. The average Bonchev–Trinajstić information content (AvgIpc) is 3.01. The SMILES string of the molecule is O=C(O)Cc1cn(Cc2cccc(Oc3ccc(Cl)cc3Cl)c2)c2ccccc12. The average molecular weight is 426 g/mol. The molecule has 0 aliphatic heterocycles. The smallest absolute Gasteiger partial charge is 0.307 e. The maximum absolute atomic E-state index is 11.2. The standard InChI is InChI=1S/C23H17Cl2NO3/c24-17-8-9-22(20(25)12-17)29-18-5-3-4-15(10-18)13-26-14-16(11-23(27)28)19-6-1-2-7-21(19)26/h1-10,12,14H,11,13H2,(H,27,28). The maximum Gasteiger partial charge on any atom is 0.307 e. The highest BCUT2D eigenvalue weighted by Gasteiger charge is 2.12. The van der Waals surface area contributed by atoms with Crippen LogP contribution in [0.5, 0.6) is 11.5 Å². The Morgan fingerprint density at radius 3 is 2.62 bits per heavy atom. The Labute approximate surface area is 177 Å². The number of halogens is 2. The molecule has 0 atom stereocenters. The van der Waals surface area contributed by atoms with Crippen LogP contribution in [0.4, 0.5) is 0 Å². The molecule has 0 amide bonds. The number of carbonyl (C=O) groups is 1. The van der Waals surface area contributed by atoms with Crippen LogP contribution in [0.1, 0.15) is 11.1 Å². The van der Waals surface area contributed by atoms with Crippen LogP contribution in [0, 0.1) is 0 Å². The molecule has 0 radical (unpaired) electrons. The Hall–Kier alpha value is -2.95. The summed E-state index contributed by atoms with van der Waals surface area (Å²) in [5.41, 5.74) is 2.82. The molecule has 4 aromatic rings. The summed E-state index contributed by atoms with van der Waals surface area (Å²) in [6, 6.07) is 20.6. The van der Waals surface area contributed by atoms with Gasteiger partial charge in [0.05, 0.1) is 11.4 Å². The molecule has 1 aromatic heterocycles. The Morgan fingerprint density at radius 2 is 1.83 bits per heavy atom. The van der Waals surface area contributed by atoms with E-state index in [4.69, 9.17) is 27.9 Å². The van der Waals surface area contributed by atoms with E-state index in [1.54, 1.807) is 18.2 Å². The van der Waals surface area contributed by atoms with Gasteiger partial charge in [-0.05, 0) is 47.5 Å². The second-order valence-electron chi connectivity index (χ2n) is 6.69. The topological polar surface area (TPSA) is 51.5 Å². The fourth-order valence-electron chi connectivity index (χ4n) is 3.35. The van der Waals surface area contributed by atoms with Gasteiger partial charge in [0.1, 0.15) is 11.5 Å². The number of hydrogen-bond donors (Lipinski definition) is 1. The van der Waals surface area contributed by atoms with Crippen molar-refractivity contribution in [2.75, 3.05) is 0 Å². The summed E-state index contributed by atoms with van der Waals surface area (Å²) >= 11 is 12.1. The number of fused-ring (bicyclic) bond motifs is 1. The third-order valence-corrected chi connectivity index (χ3v) is 5.12. The summed E-state index contributed by atoms with van der Waals surface area (Å²) in [4.78, 5) is 11.2. The van der Waals surface area contributed by atoms with Gasteiger partial charge in [-0.3, -0.25) is 4.79 Å². The van der Waals surface area contributed by atoms with Gasteiger partial charge < -0.3 is 14.4 Å². The highest BCUT2D eigenvalue weighted by atomic mass is 35.5. The zero-order chi connectivity index (χ0) is 20.4. The van der Waals surface area contributed by atoms with E-state index in [1.165, 1.54) is 0 Å². The molecular formula is C23H17Cl2NO3. The van der Waals surface area contributed by atoms with Crippen molar-refractivity contribution in [2.45, 2.75) is 13.0 Å². The normalized spacial score (nSPS) is 11.0. The first-order valence-electron chi connectivity index (χ1n) is 9.00. The van der Waals surface area contributed by atoms with Gasteiger partial charge in [0.15, 0.2) is 0 Å². The number of carboxylic acid groups (broad SMARTS) is 1. The molecule has 0 bridgehead atoms. The van der Waals surface area contributed by atoms with Crippen molar-refractivity contribution in [2.24, 2.45) is 0 Å². The second-order valence-corrected chi connectivity index (χ2v) is 7.54. The Morgan fingerprint density at radius 1 is 1.00 bits per heavy atom. The summed E-state index contributed by atoms with van der Waals surface area (Å²) < 4.78 is 7.97.